The molecule has 1 aliphatic rings. The van der Waals surface area contributed by atoms with Gasteiger partial charge in [0.1, 0.15) is 0 Å². The summed E-state index contributed by atoms with van der Waals surface area (Å²) in [5, 5.41) is 0. The third kappa shape index (κ3) is 1.62. The van der Waals surface area contributed by atoms with Crippen molar-refractivity contribution in [3.05, 3.63) is 29.8 Å². The third-order valence-electron chi connectivity index (χ3n) is 3.19. The van der Waals surface area contributed by atoms with Crippen molar-refractivity contribution in [3.63, 3.8) is 0 Å². The van der Waals surface area contributed by atoms with Crippen LogP contribution in [-0.4, -0.2) is 19.1 Å². The fourth-order valence-corrected chi connectivity index (χ4v) is 2.10. The molecule has 76 valence electrons. The van der Waals surface area contributed by atoms with Crippen molar-refractivity contribution >= 4 is 5.69 Å². The highest BCUT2D eigenvalue weighted by atomic mass is 15.2. The molecule has 0 aliphatic heterocycles. The van der Waals surface area contributed by atoms with Gasteiger partial charge in [-0.05, 0) is 31.4 Å². The summed E-state index contributed by atoms with van der Waals surface area (Å²) in [6.45, 7) is 2.16. The first-order valence-electron chi connectivity index (χ1n) is 5.22. The molecule has 2 heteroatoms. The molecule has 0 radical (unpaired) electrons. The minimum Gasteiger partial charge on any atom is -0.371 e. The molecule has 0 unspecified atom stereocenters. The monoisotopic (exact) mass is 190 g/mol. The second kappa shape index (κ2) is 3.62. The maximum Gasteiger partial charge on any atom is 0.0395 e. The quantitative estimate of drug-likeness (QED) is 0.772. The zero-order chi connectivity index (χ0) is 10.1. The first kappa shape index (κ1) is 9.53. The molecule has 0 heterocycles. The third-order valence-corrected chi connectivity index (χ3v) is 3.19. The van der Waals surface area contributed by atoms with Gasteiger partial charge in [0.15, 0.2) is 0 Å². The van der Waals surface area contributed by atoms with E-state index in [2.05, 4.69) is 43.1 Å². The summed E-state index contributed by atoms with van der Waals surface area (Å²) in [5.74, 6) is 0. The van der Waals surface area contributed by atoms with E-state index < -0.39 is 0 Å². The minimum atomic E-state index is 0.423. The molecule has 1 saturated carbocycles. The van der Waals surface area contributed by atoms with Crippen molar-refractivity contribution in [2.45, 2.75) is 31.8 Å². The van der Waals surface area contributed by atoms with Crippen LogP contribution in [0, 0.1) is 6.92 Å². The summed E-state index contributed by atoms with van der Waals surface area (Å²) >= 11 is 0. The molecule has 14 heavy (non-hydrogen) atoms. The van der Waals surface area contributed by atoms with Gasteiger partial charge < -0.3 is 10.6 Å². The van der Waals surface area contributed by atoms with E-state index in [0.29, 0.717) is 12.1 Å². The molecule has 1 fully saturated rings. The molecule has 0 saturated heterocycles. The summed E-state index contributed by atoms with van der Waals surface area (Å²) in [7, 11) is 2.17. The molecule has 0 atom stereocenters. The average Bonchev–Trinajstić information content (AvgIpc) is 2.13. The summed E-state index contributed by atoms with van der Waals surface area (Å²) < 4.78 is 0. The standard InChI is InChI=1S/C12H18N2/c1-9-5-3-4-6-12(9)14(2)11-7-10(13)8-11/h3-6,10-11H,7-8,13H2,1-2H3. The van der Waals surface area contributed by atoms with Crippen LogP contribution in [0.15, 0.2) is 24.3 Å². The van der Waals surface area contributed by atoms with Gasteiger partial charge in [-0.2, -0.15) is 0 Å². The van der Waals surface area contributed by atoms with Gasteiger partial charge in [0, 0.05) is 24.8 Å². The lowest BCUT2D eigenvalue weighted by atomic mass is 9.86. The average molecular weight is 190 g/mol. The summed E-state index contributed by atoms with van der Waals surface area (Å²) in [5.41, 5.74) is 8.48. The Morgan fingerprint density at radius 2 is 1.93 bits per heavy atom. The van der Waals surface area contributed by atoms with Crippen molar-refractivity contribution in [1.29, 1.82) is 0 Å². The number of anilines is 1. The predicted molar refractivity (Wildman–Crippen MR) is 60.6 cm³/mol. The van der Waals surface area contributed by atoms with E-state index in [4.69, 9.17) is 5.73 Å². The Kier molecular flexibility index (Phi) is 2.46. The molecular formula is C12H18N2. The van der Waals surface area contributed by atoms with Crippen molar-refractivity contribution in [2.24, 2.45) is 5.73 Å². The molecule has 2 N–H and O–H groups in total. The van der Waals surface area contributed by atoms with E-state index in [-0.39, 0.29) is 0 Å². The molecule has 1 aliphatic carbocycles. The number of rotatable bonds is 2. The number of benzene rings is 1. The second-order valence-electron chi connectivity index (χ2n) is 4.28. The zero-order valence-corrected chi connectivity index (χ0v) is 8.90. The van der Waals surface area contributed by atoms with Crippen LogP contribution in [0.25, 0.3) is 0 Å². The van der Waals surface area contributed by atoms with Crippen molar-refractivity contribution in [2.75, 3.05) is 11.9 Å². The molecule has 0 amide bonds. The molecule has 2 nitrogen and oxygen atoms in total. The lowest BCUT2D eigenvalue weighted by molar-refractivity contribution is 0.340. The Balaban J connectivity index is 2.11. The van der Waals surface area contributed by atoms with Gasteiger partial charge in [-0.15, -0.1) is 0 Å². The number of para-hydroxylation sites is 1. The Hall–Kier alpha value is -1.02. The van der Waals surface area contributed by atoms with Crippen molar-refractivity contribution in [1.82, 2.24) is 0 Å². The van der Waals surface area contributed by atoms with Crippen LogP contribution >= 0.6 is 0 Å². The van der Waals surface area contributed by atoms with Crippen LogP contribution in [0.4, 0.5) is 5.69 Å². The van der Waals surface area contributed by atoms with E-state index in [1.165, 1.54) is 11.3 Å². The van der Waals surface area contributed by atoms with Crippen molar-refractivity contribution in [3.8, 4) is 0 Å². The lowest BCUT2D eigenvalue weighted by Crippen LogP contribution is -2.49. The number of aryl methyl sites for hydroxylation is 1. The highest BCUT2D eigenvalue weighted by Gasteiger charge is 2.29. The van der Waals surface area contributed by atoms with E-state index in [1.807, 2.05) is 0 Å². The smallest absolute Gasteiger partial charge is 0.0395 e. The van der Waals surface area contributed by atoms with Gasteiger partial charge in [0.2, 0.25) is 0 Å². The molecule has 0 bridgehead atoms. The maximum atomic E-state index is 5.80. The highest BCUT2D eigenvalue weighted by molar-refractivity contribution is 5.53. The van der Waals surface area contributed by atoms with Gasteiger partial charge in [0.25, 0.3) is 0 Å². The molecule has 0 spiro atoms. The van der Waals surface area contributed by atoms with Crippen LogP contribution in [0.5, 0.6) is 0 Å². The van der Waals surface area contributed by atoms with Crippen LogP contribution in [0.2, 0.25) is 0 Å². The largest absolute Gasteiger partial charge is 0.371 e. The maximum absolute atomic E-state index is 5.80. The van der Waals surface area contributed by atoms with E-state index in [9.17, 15) is 0 Å². The van der Waals surface area contributed by atoms with Gasteiger partial charge in [-0.3, -0.25) is 0 Å². The second-order valence-corrected chi connectivity index (χ2v) is 4.28. The zero-order valence-electron chi connectivity index (χ0n) is 8.90. The van der Waals surface area contributed by atoms with Crippen LogP contribution in [0.3, 0.4) is 0 Å². The number of hydrogen-bond acceptors (Lipinski definition) is 2. The summed E-state index contributed by atoms with van der Waals surface area (Å²) in [6.07, 6.45) is 2.26. The SMILES string of the molecule is Cc1ccccc1N(C)C1CC(N)C1. The summed E-state index contributed by atoms with van der Waals surface area (Å²) in [4.78, 5) is 2.36. The normalized spacial score (nSPS) is 25.6. The molecule has 2 rings (SSSR count). The highest BCUT2D eigenvalue weighted by Crippen LogP contribution is 2.29. The molecule has 1 aromatic carbocycles. The fraction of sp³-hybridized carbons (Fsp3) is 0.500. The minimum absolute atomic E-state index is 0.423. The van der Waals surface area contributed by atoms with Gasteiger partial charge in [0.05, 0.1) is 0 Å². The Bertz CT molecular complexity index is 316. The number of nitrogens with zero attached hydrogens (tertiary/aromatic N) is 1. The predicted octanol–water partition coefficient (Wildman–Crippen LogP) is 1.92. The molecule has 1 aromatic rings. The van der Waals surface area contributed by atoms with Gasteiger partial charge >= 0.3 is 0 Å². The van der Waals surface area contributed by atoms with Crippen molar-refractivity contribution < 1.29 is 0 Å². The Labute approximate surface area is 85.7 Å². The topological polar surface area (TPSA) is 29.3 Å². The van der Waals surface area contributed by atoms with Crippen LogP contribution in [0.1, 0.15) is 18.4 Å². The Morgan fingerprint density at radius 3 is 2.50 bits per heavy atom. The van der Waals surface area contributed by atoms with E-state index in [0.717, 1.165) is 12.8 Å². The summed E-state index contributed by atoms with van der Waals surface area (Å²) in [6, 6.07) is 9.58. The van der Waals surface area contributed by atoms with Crippen LogP contribution in [-0.2, 0) is 0 Å². The first-order valence-corrected chi connectivity index (χ1v) is 5.22. The molecular weight excluding hydrogens is 172 g/mol. The Morgan fingerprint density at radius 1 is 1.29 bits per heavy atom. The van der Waals surface area contributed by atoms with Crippen LogP contribution < -0.4 is 10.6 Å². The van der Waals surface area contributed by atoms with Gasteiger partial charge in [-0.1, -0.05) is 18.2 Å². The van der Waals surface area contributed by atoms with E-state index >= 15 is 0 Å². The van der Waals surface area contributed by atoms with Gasteiger partial charge in [-0.25, -0.2) is 0 Å². The number of nitrogens with two attached hydrogens (primary N) is 1. The molecule has 0 aromatic heterocycles. The fourth-order valence-electron chi connectivity index (χ4n) is 2.10. The number of hydrogen-bond donors (Lipinski definition) is 1. The first-order chi connectivity index (χ1) is 6.68. The lowest BCUT2D eigenvalue weighted by Gasteiger charge is -2.41. The van der Waals surface area contributed by atoms with E-state index in [1.54, 1.807) is 0 Å².